The summed E-state index contributed by atoms with van der Waals surface area (Å²) in [6, 6.07) is 0. The quantitative estimate of drug-likeness (QED) is 0.498. The fourth-order valence-electron chi connectivity index (χ4n) is 4.24. The highest BCUT2D eigenvalue weighted by Crippen LogP contribution is 2.84. The Morgan fingerprint density at radius 1 is 1.00 bits per heavy atom. The lowest BCUT2D eigenvalue weighted by Gasteiger charge is -2.33. The van der Waals surface area contributed by atoms with Crippen LogP contribution in [0, 0.1) is 10.8 Å². The number of alkyl halides is 2. The van der Waals surface area contributed by atoms with Crippen molar-refractivity contribution >= 4 is 57.1 Å². The average molecular weight is 447 g/mol. The van der Waals surface area contributed by atoms with E-state index < -0.39 is 22.7 Å². The van der Waals surface area contributed by atoms with Gasteiger partial charge in [-0.25, -0.2) is 0 Å². The monoisotopic (exact) mass is 447 g/mol. The normalized spacial score (nSPS) is 57.1. The van der Waals surface area contributed by atoms with Gasteiger partial charge in [0, 0.05) is 6.84 Å². The summed E-state index contributed by atoms with van der Waals surface area (Å²) in [4.78, 5) is 23.4. The van der Waals surface area contributed by atoms with Crippen LogP contribution in [0.5, 0.6) is 0 Å². The van der Waals surface area contributed by atoms with Gasteiger partial charge in [-0.2, -0.15) is 0 Å². The molecule has 0 radical (unpaired) electrons. The molecule has 16 heavy (non-hydrogen) atoms. The first-order valence-corrected chi connectivity index (χ1v) is 7.28. The molecule has 0 saturated heterocycles. The fourth-order valence-corrected chi connectivity index (χ4v) is 7.61. The molecule has 0 aromatic rings. The van der Waals surface area contributed by atoms with Gasteiger partial charge in [-0.05, 0) is 25.7 Å². The van der Waals surface area contributed by atoms with Crippen molar-refractivity contribution < 1.29 is 14.7 Å². The lowest BCUT2D eigenvalue weighted by Crippen LogP contribution is -2.48. The third-order valence-corrected chi connectivity index (χ3v) is 9.55. The number of hydrogen-bond donors (Lipinski definition) is 2. The predicted molar refractivity (Wildman–Crippen MR) is 73.7 cm³/mol. The number of halogens is 2. The number of carbonyl (C=O) groups is 2. The first-order chi connectivity index (χ1) is 7.22. The van der Waals surface area contributed by atoms with Crippen LogP contribution in [-0.4, -0.2) is 23.8 Å². The minimum Gasteiger partial charge on any atom is -0.481 e. The summed E-state index contributed by atoms with van der Waals surface area (Å²) in [7, 11) is 0. The van der Waals surface area contributed by atoms with Crippen molar-refractivity contribution in [1.82, 2.24) is 0 Å². The van der Waals surface area contributed by atoms with Crippen molar-refractivity contribution in [3.63, 3.8) is 0 Å². The molecule has 0 aliphatic heterocycles. The van der Waals surface area contributed by atoms with E-state index in [0.29, 0.717) is 25.7 Å². The molecule has 3 N–H and O–H groups in total. The molecule has 0 aromatic carbocycles. The Morgan fingerprint density at radius 2 is 1.38 bits per heavy atom. The number of carboxylic acids is 1. The first kappa shape index (κ1) is 11.5. The lowest BCUT2D eigenvalue weighted by atomic mass is 9.67. The molecule has 4 nitrogen and oxygen atoms in total. The average Bonchev–Trinajstić information content (AvgIpc) is 2.64. The second-order valence-corrected chi connectivity index (χ2v) is 9.60. The molecule has 0 heterocycles. The standard InChI is InChI=1S/C10H11I2NO3/c11-9-1-7(5(13)14)2-10(9,12)4-8(7,3-9)6(15)16/h1-4H2,(H2,13,14)(H,15,16). The number of carboxylic acid groups (broad SMARTS) is 1. The number of primary amides is 1. The molecule has 4 saturated carbocycles. The Labute approximate surface area is 120 Å². The Kier molecular flexibility index (Phi) is 1.94. The zero-order chi connectivity index (χ0) is 12.0. The van der Waals surface area contributed by atoms with Crippen molar-refractivity contribution in [2.24, 2.45) is 16.6 Å². The highest BCUT2D eigenvalue weighted by Gasteiger charge is 2.87. The van der Waals surface area contributed by atoms with Crippen molar-refractivity contribution in [3.8, 4) is 0 Å². The Bertz CT molecular complexity index is 382. The molecule has 4 rings (SSSR count). The second kappa shape index (κ2) is 2.70. The summed E-state index contributed by atoms with van der Waals surface area (Å²) in [6.07, 6.45) is 2.49. The molecule has 2 atom stereocenters. The highest BCUT2D eigenvalue weighted by molar-refractivity contribution is 14.1. The largest absolute Gasteiger partial charge is 0.481 e. The van der Waals surface area contributed by atoms with Gasteiger partial charge in [0.1, 0.15) is 0 Å². The molecule has 4 aliphatic rings. The topological polar surface area (TPSA) is 80.4 Å². The Hall–Kier alpha value is 0.400. The minimum absolute atomic E-state index is 0.0568. The maximum Gasteiger partial charge on any atom is 0.310 e. The summed E-state index contributed by atoms with van der Waals surface area (Å²) >= 11 is 4.73. The highest BCUT2D eigenvalue weighted by atomic mass is 127. The van der Waals surface area contributed by atoms with Gasteiger partial charge >= 0.3 is 5.97 Å². The number of amides is 1. The van der Waals surface area contributed by atoms with E-state index in [1.54, 1.807) is 0 Å². The number of nitrogens with two attached hydrogens (primary N) is 1. The third kappa shape index (κ3) is 0.874. The van der Waals surface area contributed by atoms with E-state index in [-0.39, 0.29) is 6.84 Å². The second-order valence-electron chi connectivity index (χ2n) is 5.47. The van der Waals surface area contributed by atoms with Crippen molar-refractivity contribution in [2.45, 2.75) is 32.5 Å². The Morgan fingerprint density at radius 3 is 1.62 bits per heavy atom. The van der Waals surface area contributed by atoms with E-state index in [4.69, 9.17) is 5.73 Å². The predicted octanol–water partition coefficient (Wildman–Crippen LogP) is 1.48. The van der Waals surface area contributed by atoms with E-state index in [1.807, 2.05) is 0 Å². The smallest absolute Gasteiger partial charge is 0.310 e. The fraction of sp³-hybridized carbons (Fsp3) is 0.800. The summed E-state index contributed by atoms with van der Waals surface area (Å²) in [5, 5.41) is 9.52. The van der Waals surface area contributed by atoms with Crippen LogP contribution in [0.15, 0.2) is 0 Å². The van der Waals surface area contributed by atoms with Gasteiger partial charge in [0.25, 0.3) is 0 Å². The lowest BCUT2D eigenvalue weighted by molar-refractivity contribution is -0.158. The molecule has 4 fully saturated rings. The molecule has 0 spiro atoms. The molecular weight excluding hydrogens is 436 g/mol. The van der Waals surface area contributed by atoms with Gasteiger partial charge in [-0.15, -0.1) is 0 Å². The van der Waals surface area contributed by atoms with Crippen LogP contribution in [0.4, 0.5) is 0 Å². The van der Waals surface area contributed by atoms with E-state index in [0.717, 1.165) is 0 Å². The SMILES string of the molecule is NC(=O)C12CC3(I)CC1(C(=O)O)CC3(I)C2. The van der Waals surface area contributed by atoms with Gasteiger partial charge in [0.15, 0.2) is 0 Å². The number of rotatable bonds is 2. The van der Waals surface area contributed by atoms with E-state index in [9.17, 15) is 14.7 Å². The third-order valence-electron chi connectivity index (χ3n) is 4.93. The van der Waals surface area contributed by atoms with Crippen LogP contribution < -0.4 is 5.73 Å². The van der Waals surface area contributed by atoms with Gasteiger partial charge in [-0.3, -0.25) is 9.59 Å². The zero-order valence-electron chi connectivity index (χ0n) is 8.43. The first-order valence-electron chi connectivity index (χ1n) is 5.13. The van der Waals surface area contributed by atoms with Crippen molar-refractivity contribution in [1.29, 1.82) is 0 Å². The summed E-state index contributed by atoms with van der Waals surface area (Å²) in [6.45, 7) is 0. The molecule has 6 heteroatoms. The minimum atomic E-state index is -0.888. The summed E-state index contributed by atoms with van der Waals surface area (Å²) < 4.78 is -0.114. The maximum atomic E-state index is 11.8. The van der Waals surface area contributed by atoms with E-state index in [2.05, 4.69) is 45.2 Å². The van der Waals surface area contributed by atoms with E-state index in [1.165, 1.54) is 0 Å². The van der Waals surface area contributed by atoms with Gasteiger partial charge in [-0.1, -0.05) is 45.2 Å². The molecular formula is C10H11I2NO3. The Balaban J connectivity index is 2.24. The van der Waals surface area contributed by atoms with Crippen LogP contribution in [-0.2, 0) is 9.59 Å². The number of hydrogen-bond acceptors (Lipinski definition) is 2. The molecule has 1 amide bonds. The molecule has 4 aliphatic carbocycles. The van der Waals surface area contributed by atoms with Crippen LogP contribution in [0.1, 0.15) is 25.7 Å². The molecule has 0 aromatic heterocycles. The van der Waals surface area contributed by atoms with Gasteiger partial charge < -0.3 is 10.8 Å². The van der Waals surface area contributed by atoms with Crippen molar-refractivity contribution in [2.75, 3.05) is 0 Å². The molecule has 88 valence electrons. The van der Waals surface area contributed by atoms with Gasteiger partial charge in [0.2, 0.25) is 5.91 Å². The molecule has 4 bridgehead atoms. The van der Waals surface area contributed by atoms with Crippen LogP contribution >= 0.6 is 45.2 Å². The number of carbonyl (C=O) groups excluding carboxylic acids is 1. The van der Waals surface area contributed by atoms with Gasteiger partial charge in [0.05, 0.1) is 10.8 Å². The molecule has 2 unspecified atom stereocenters. The van der Waals surface area contributed by atoms with Crippen molar-refractivity contribution in [3.05, 3.63) is 0 Å². The number of aliphatic carboxylic acids is 1. The van der Waals surface area contributed by atoms with Crippen LogP contribution in [0.3, 0.4) is 0 Å². The van der Waals surface area contributed by atoms with Crippen LogP contribution in [0.25, 0.3) is 0 Å². The maximum absolute atomic E-state index is 11.8. The summed E-state index contributed by atoms with van der Waals surface area (Å²) in [5.41, 5.74) is 3.84. The van der Waals surface area contributed by atoms with E-state index >= 15 is 0 Å². The summed E-state index contributed by atoms with van der Waals surface area (Å²) in [5.74, 6) is -1.25. The zero-order valence-corrected chi connectivity index (χ0v) is 12.7. The van der Waals surface area contributed by atoms with Crippen LogP contribution in [0.2, 0.25) is 0 Å².